The van der Waals surface area contributed by atoms with Gasteiger partial charge in [-0.25, -0.2) is 0 Å². The van der Waals surface area contributed by atoms with E-state index in [1.54, 1.807) is 26.1 Å². The molecule has 0 saturated carbocycles. The number of nitrogens with zero attached hydrogens (tertiary/aromatic N) is 2. The molecule has 1 aromatic rings. The Balaban J connectivity index is 2.10. The molecule has 106 valence electrons. The highest BCUT2D eigenvalue weighted by Crippen LogP contribution is 2.17. The molecule has 0 aliphatic carbocycles. The van der Waals surface area contributed by atoms with Crippen molar-refractivity contribution in [3.8, 4) is 0 Å². The van der Waals surface area contributed by atoms with Crippen molar-refractivity contribution in [2.75, 3.05) is 0 Å². The second-order valence-corrected chi connectivity index (χ2v) is 5.73. The first kappa shape index (κ1) is 14.6. The minimum Gasteiger partial charge on any atom is -0.340 e. The smallest absolute Gasteiger partial charge is 0.253 e. The number of hydrogen-bond donors (Lipinski definition) is 1. The van der Waals surface area contributed by atoms with Gasteiger partial charge in [0.15, 0.2) is 0 Å². The first-order valence-corrected chi connectivity index (χ1v) is 6.96. The fourth-order valence-electron chi connectivity index (χ4n) is 2.08. The van der Waals surface area contributed by atoms with E-state index in [0.717, 1.165) is 0 Å². The van der Waals surface area contributed by atoms with Crippen molar-refractivity contribution < 1.29 is 14.4 Å². The second-order valence-electron chi connectivity index (χ2n) is 4.82. The number of nitrogens with one attached hydrogen (secondary N) is 1. The van der Waals surface area contributed by atoms with Crippen LogP contribution in [0.4, 0.5) is 0 Å². The molecule has 1 N–H and O–H groups in total. The summed E-state index contributed by atoms with van der Waals surface area (Å²) in [5.74, 6) is -1.04. The Labute approximate surface area is 124 Å². The van der Waals surface area contributed by atoms with Gasteiger partial charge in [0.1, 0.15) is 6.04 Å². The summed E-state index contributed by atoms with van der Waals surface area (Å²) in [5.41, 5.74) is 0.336. The molecule has 0 spiro atoms. The van der Waals surface area contributed by atoms with Gasteiger partial charge in [-0.15, -0.1) is 0 Å². The van der Waals surface area contributed by atoms with Gasteiger partial charge >= 0.3 is 0 Å². The summed E-state index contributed by atoms with van der Waals surface area (Å²) in [6.07, 6.45) is 2.97. The molecule has 20 heavy (non-hydrogen) atoms. The molecule has 7 heteroatoms. The van der Waals surface area contributed by atoms with Gasteiger partial charge in [-0.2, -0.15) is 0 Å². The number of aromatic nitrogens is 1. The minimum atomic E-state index is -0.795. The predicted molar refractivity (Wildman–Crippen MR) is 74.8 cm³/mol. The van der Waals surface area contributed by atoms with Gasteiger partial charge in [0.25, 0.3) is 11.8 Å². The molecule has 1 atom stereocenters. The highest BCUT2D eigenvalue weighted by atomic mass is 79.9. The van der Waals surface area contributed by atoms with Gasteiger partial charge in [0.05, 0.1) is 12.0 Å². The number of likely N-dealkylation sites (tertiary alicyclic amines) is 1. The van der Waals surface area contributed by atoms with Crippen LogP contribution in [-0.4, -0.2) is 39.7 Å². The summed E-state index contributed by atoms with van der Waals surface area (Å²) in [7, 11) is 0. The Morgan fingerprint density at radius 2 is 2.15 bits per heavy atom. The lowest BCUT2D eigenvalue weighted by molar-refractivity contribution is -0.140. The van der Waals surface area contributed by atoms with Crippen molar-refractivity contribution in [2.24, 2.45) is 0 Å². The lowest BCUT2D eigenvalue weighted by atomic mass is 10.2. The van der Waals surface area contributed by atoms with E-state index >= 15 is 0 Å². The van der Waals surface area contributed by atoms with E-state index in [1.807, 2.05) is 0 Å². The zero-order valence-electron chi connectivity index (χ0n) is 11.1. The zero-order valence-corrected chi connectivity index (χ0v) is 12.7. The molecule has 2 rings (SSSR count). The average Bonchev–Trinajstić information content (AvgIpc) is 2.64. The van der Waals surface area contributed by atoms with Gasteiger partial charge in [0, 0.05) is 22.9 Å². The van der Waals surface area contributed by atoms with Crippen LogP contribution < -0.4 is 5.32 Å². The molecule has 3 amide bonds. The molecule has 1 saturated heterocycles. The van der Waals surface area contributed by atoms with Crippen LogP contribution in [0.3, 0.4) is 0 Å². The third kappa shape index (κ3) is 2.87. The molecule has 1 fully saturated rings. The molecule has 1 aliphatic rings. The van der Waals surface area contributed by atoms with E-state index < -0.39 is 11.9 Å². The van der Waals surface area contributed by atoms with E-state index in [0.29, 0.717) is 10.0 Å². The first-order valence-electron chi connectivity index (χ1n) is 6.17. The largest absolute Gasteiger partial charge is 0.340 e. The molecule has 0 aromatic carbocycles. The lowest BCUT2D eigenvalue weighted by Gasteiger charge is -2.19. The quantitative estimate of drug-likeness (QED) is 0.836. The van der Waals surface area contributed by atoms with Crippen LogP contribution in [0.5, 0.6) is 0 Å². The van der Waals surface area contributed by atoms with Gasteiger partial charge in [-0.05, 0) is 35.8 Å². The van der Waals surface area contributed by atoms with Gasteiger partial charge in [-0.3, -0.25) is 24.3 Å². The second kappa shape index (κ2) is 5.70. The standard InChI is InChI=1S/C13H14BrN3O3/c1-7(2)17-11(18)4-10(13(17)20)16-12(19)8-3-9(14)6-15-5-8/h3,5-7,10H,4H2,1-2H3,(H,16,19). The highest BCUT2D eigenvalue weighted by Gasteiger charge is 2.40. The molecule has 2 heterocycles. The van der Waals surface area contributed by atoms with Crippen LogP contribution >= 0.6 is 15.9 Å². The van der Waals surface area contributed by atoms with E-state index in [4.69, 9.17) is 0 Å². The van der Waals surface area contributed by atoms with Crippen LogP contribution in [0.2, 0.25) is 0 Å². The summed E-state index contributed by atoms with van der Waals surface area (Å²) >= 11 is 3.22. The normalized spacial score (nSPS) is 18.8. The summed E-state index contributed by atoms with van der Waals surface area (Å²) in [6.45, 7) is 3.52. The van der Waals surface area contributed by atoms with Crippen molar-refractivity contribution in [1.29, 1.82) is 0 Å². The van der Waals surface area contributed by atoms with E-state index in [1.165, 1.54) is 11.1 Å². The van der Waals surface area contributed by atoms with E-state index in [9.17, 15) is 14.4 Å². The maximum Gasteiger partial charge on any atom is 0.253 e. The third-order valence-electron chi connectivity index (χ3n) is 2.97. The van der Waals surface area contributed by atoms with Gasteiger partial charge in [-0.1, -0.05) is 0 Å². The Hall–Kier alpha value is -1.76. The molecular weight excluding hydrogens is 326 g/mol. The molecule has 0 radical (unpaired) electrons. The van der Waals surface area contributed by atoms with Crippen molar-refractivity contribution in [3.05, 3.63) is 28.5 Å². The van der Waals surface area contributed by atoms with Crippen molar-refractivity contribution in [2.45, 2.75) is 32.4 Å². The van der Waals surface area contributed by atoms with Crippen LogP contribution in [0.15, 0.2) is 22.9 Å². The number of imide groups is 1. The van der Waals surface area contributed by atoms with Crippen LogP contribution in [0.25, 0.3) is 0 Å². The zero-order chi connectivity index (χ0) is 14.9. The lowest BCUT2D eigenvalue weighted by Crippen LogP contribution is -2.43. The van der Waals surface area contributed by atoms with Crippen LogP contribution in [-0.2, 0) is 9.59 Å². The molecule has 1 aromatic heterocycles. The minimum absolute atomic E-state index is 0.00415. The summed E-state index contributed by atoms with van der Waals surface area (Å²) in [4.78, 5) is 40.9. The fraction of sp³-hybridized carbons (Fsp3) is 0.385. The molecular formula is C13H14BrN3O3. The fourth-order valence-corrected chi connectivity index (χ4v) is 2.45. The highest BCUT2D eigenvalue weighted by molar-refractivity contribution is 9.10. The number of halogens is 1. The van der Waals surface area contributed by atoms with Gasteiger partial charge in [0.2, 0.25) is 5.91 Å². The number of carbonyl (C=O) groups excluding carboxylic acids is 3. The van der Waals surface area contributed by atoms with E-state index in [2.05, 4.69) is 26.2 Å². The van der Waals surface area contributed by atoms with Crippen LogP contribution in [0.1, 0.15) is 30.6 Å². The number of amides is 3. The molecule has 1 unspecified atom stereocenters. The Bertz CT molecular complexity index is 574. The molecule has 1 aliphatic heterocycles. The van der Waals surface area contributed by atoms with Crippen molar-refractivity contribution in [3.63, 3.8) is 0 Å². The Kier molecular flexibility index (Phi) is 4.17. The molecule has 6 nitrogen and oxygen atoms in total. The first-order chi connectivity index (χ1) is 9.40. The number of pyridine rings is 1. The monoisotopic (exact) mass is 339 g/mol. The maximum atomic E-state index is 12.1. The summed E-state index contributed by atoms with van der Waals surface area (Å²) in [6, 6.07) is 0.602. The number of rotatable bonds is 3. The van der Waals surface area contributed by atoms with Crippen LogP contribution in [0, 0.1) is 0 Å². The topological polar surface area (TPSA) is 79.4 Å². The third-order valence-corrected chi connectivity index (χ3v) is 3.41. The van der Waals surface area contributed by atoms with Crippen molar-refractivity contribution in [1.82, 2.24) is 15.2 Å². The SMILES string of the molecule is CC(C)N1C(=O)CC(NC(=O)c2cncc(Br)c2)C1=O. The predicted octanol–water partition coefficient (Wildman–Crippen LogP) is 1.11. The average molecular weight is 340 g/mol. The summed E-state index contributed by atoms with van der Waals surface area (Å²) < 4.78 is 0.669. The van der Waals surface area contributed by atoms with Gasteiger partial charge < -0.3 is 5.32 Å². The van der Waals surface area contributed by atoms with E-state index in [-0.39, 0.29) is 24.3 Å². The van der Waals surface area contributed by atoms with Crippen molar-refractivity contribution >= 4 is 33.7 Å². The Morgan fingerprint density at radius 1 is 1.45 bits per heavy atom. The number of carbonyl (C=O) groups is 3. The maximum absolute atomic E-state index is 12.1. The summed E-state index contributed by atoms with van der Waals surface area (Å²) in [5, 5.41) is 2.58. The number of hydrogen-bond acceptors (Lipinski definition) is 4. The molecule has 0 bridgehead atoms. The Morgan fingerprint density at radius 3 is 2.70 bits per heavy atom.